The number of carbonyl (C=O) groups excluding carboxylic acids is 1. The van der Waals surface area contributed by atoms with Crippen LogP contribution in [0.3, 0.4) is 0 Å². The Balaban J connectivity index is 2.26. The van der Waals surface area contributed by atoms with Crippen molar-refractivity contribution in [1.82, 2.24) is 0 Å². The molecule has 0 spiro atoms. The number of ether oxygens (including phenoxy) is 2. The van der Waals surface area contributed by atoms with E-state index >= 15 is 0 Å². The lowest BCUT2D eigenvalue weighted by molar-refractivity contribution is 0.102. The van der Waals surface area contributed by atoms with Gasteiger partial charge in [0.1, 0.15) is 0 Å². The van der Waals surface area contributed by atoms with Crippen LogP contribution in [0.4, 0.5) is 5.69 Å². The minimum atomic E-state index is -3.27. The summed E-state index contributed by atoms with van der Waals surface area (Å²) in [7, 11) is -0.326. The lowest BCUT2D eigenvalue weighted by atomic mass is 10.1. The topological polar surface area (TPSA) is 81.7 Å². The Kier molecular flexibility index (Phi) is 4.90. The van der Waals surface area contributed by atoms with Gasteiger partial charge in [-0.1, -0.05) is 6.07 Å². The van der Waals surface area contributed by atoms with E-state index in [0.717, 1.165) is 6.26 Å². The van der Waals surface area contributed by atoms with Crippen molar-refractivity contribution in [2.75, 3.05) is 25.8 Å². The molecule has 1 amide bonds. The zero-order valence-corrected chi connectivity index (χ0v) is 13.8. The van der Waals surface area contributed by atoms with E-state index in [2.05, 4.69) is 5.32 Å². The molecule has 0 aliphatic carbocycles. The van der Waals surface area contributed by atoms with E-state index in [4.69, 9.17) is 9.47 Å². The standard InChI is InChI=1S/C16H17NO5S/c1-21-14-6-4-5-13(15(14)22-2)16(18)17-11-7-9-12(10-8-11)23(3,19)20/h4-10H,1-3H3,(H,17,18). The van der Waals surface area contributed by atoms with E-state index in [-0.39, 0.29) is 10.8 Å². The highest BCUT2D eigenvalue weighted by atomic mass is 32.2. The van der Waals surface area contributed by atoms with Gasteiger partial charge >= 0.3 is 0 Å². The quantitative estimate of drug-likeness (QED) is 0.907. The molecule has 2 rings (SSSR count). The van der Waals surface area contributed by atoms with Gasteiger partial charge in [-0.25, -0.2) is 8.42 Å². The van der Waals surface area contributed by atoms with Crippen molar-refractivity contribution in [3.05, 3.63) is 48.0 Å². The number of rotatable bonds is 5. The van der Waals surface area contributed by atoms with Gasteiger partial charge in [-0.2, -0.15) is 0 Å². The Labute approximate surface area is 135 Å². The molecule has 7 heteroatoms. The Morgan fingerprint density at radius 3 is 2.17 bits per heavy atom. The number of hydrogen-bond donors (Lipinski definition) is 1. The number of amides is 1. The summed E-state index contributed by atoms with van der Waals surface area (Å²) in [5.41, 5.74) is 0.798. The number of carbonyl (C=O) groups is 1. The van der Waals surface area contributed by atoms with E-state index in [1.807, 2.05) is 0 Å². The van der Waals surface area contributed by atoms with E-state index < -0.39 is 9.84 Å². The van der Waals surface area contributed by atoms with Gasteiger partial charge < -0.3 is 14.8 Å². The molecular weight excluding hydrogens is 318 g/mol. The number of hydrogen-bond acceptors (Lipinski definition) is 5. The third-order valence-corrected chi connectivity index (χ3v) is 4.32. The van der Waals surface area contributed by atoms with Crippen LogP contribution in [0.2, 0.25) is 0 Å². The van der Waals surface area contributed by atoms with Crippen molar-refractivity contribution < 1.29 is 22.7 Å². The minimum absolute atomic E-state index is 0.189. The summed E-state index contributed by atoms with van der Waals surface area (Å²) >= 11 is 0. The van der Waals surface area contributed by atoms with Crippen molar-refractivity contribution in [3.63, 3.8) is 0 Å². The van der Waals surface area contributed by atoms with Crippen molar-refractivity contribution in [3.8, 4) is 11.5 Å². The fourth-order valence-electron chi connectivity index (χ4n) is 2.05. The van der Waals surface area contributed by atoms with Crippen molar-refractivity contribution >= 4 is 21.4 Å². The van der Waals surface area contributed by atoms with Gasteiger partial charge in [-0.15, -0.1) is 0 Å². The van der Waals surface area contributed by atoms with E-state index in [9.17, 15) is 13.2 Å². The highest BCUT2D eigenvalue weighted by Gasteiger charge is 2.16. The van der Waals surface area contributed by atoms with Crippen LogP contribution in [-0.2, 0) is 9.84 Å². The molecule has 0 atom stereocenters. The number of sulfone groups is 1. The summed E-state index contributed by atoms with van der Waals surface area (Å²) < 4.78 is 33.2. The van der Waals surface area contributed by atoms with Crippen LogP contribution < -0.4 is 14.8 Å². The molecule has 0 saturated carbocycles. The number of para-hydroxylation sites is 1. The van der Waals surface area contributed by atoms with E-state index in [0.29, 0.717) is 22.7 Å². The first kappa shape index (κ1) is 16.8. The molecule has 122 valence electrons. The molecule has 1 N–H and O–H groups in total. The predicted octanol–water partition coefficient (Wildman–Crippen LogP) is 2.36. The normalized spacial score (nSPS) is 10.9. The molecule has 0 unspecified atom stereocenters. The van der Waals surface area contributed by atoms with Crippen molar-refractivity contribution in [1.29, 1.82) is 0 Å². The molecule has 0 aromatic heterocycles. The van der Waals surface area contributed by atoms with Gasteiger partial charge in [-0.3, -0.25) is 4.79 Å². The maximum atomic E-state index is 12.4. The molecule has 6 nitrogen and oxygen atoms in total. The molecule has 0 radical (unpaired) electrons. The molecule has 0 bridgehead atoms. The third kappa shape index (κ3) is 3.81. The predicted molar refractivity (Wildman–Crippen MR) is 87.1 cm³/mol. The first-order valence-corrected chi connectivity index (χ1v) is 8.58. The molecule has 2 aromatic rings. The molecule has 0 saturated heterocycles. The van der Waals surface area contributed by atoms with Crippen LogP contribution in [0, 0.1) is 0 Å². The second-order valence-electron chi connectivity index (χ2n) is 4.79. The zero-order chi connectivity index (χ0) is 17.0. The van der Waals surface area contributed by atoms with Gasteiger partial charge in [0.25, 0.3) is 5.91 Å². The third-order valence-electron chi connectivity index (χ3n) is 3.19. The molecule has 0 aliphatic heterocycles. The molecular formula is C16H17NO5S. The zero-order valence-electron chi connectivity index (χ0n) is 13.0. The van der Waals surface area contributed by atoms with Crippen LogP contribution >= 0.6 is 0 Å². The fourth-order valence-corrected chi connectivity index (χ4v) is 2.68. The Morgan fingerprint density at radius 2 is 1.65 bits per heavy atom. The average molecular weight is 335 g/mol. The van der Waals surface area contributed by atoms with Gasteiger partial charge in [0.05, 0.1) is 24.7 Å². The second-order valence-corrected chi connectivity index (χ2v) is 6.81. The average Bonchev–Trinajstić information content (AvgIpc) is 2.53. The summed E-state index contributed by atoms with van der Waals surface area (Å²) in [6.45, 7) is 0. The highest BCUT2D eigenvalue weighted by molar-refractivity contribution is 7.90. The lowest BCUT2D eigenvalue weighted by Gasteiger charge is -2.12. The summed E-state index contributed by atoms with van der Waals surface area (Å²) in [5.74, 6) is 0.403. The molecule has 0 aliphatic rings. The maximum Gasteiger partial charge on any atom is 0.259 e. The number of anilines is 1. The Bertz CT molecular complexity index is 813. The Morgan fingerprint density at radius 1 is 1.00 bits per heavy atom. The van der Waals surface area contributed by atoms with E-state index in [1.54, 1.807) is 18.2 Å². The fraction of sp³-hybridized carbons (Fsp3) is 0.188. The van der Waals surface area contributed by atoms with Gasteiger partial charge in [0.15, 0.2) is 21.3 Å². The van der Waals surface area contributed by atoms with Gasteiger partial charge in [-0.05, 0) is 36.4 Å². The Hall–Kier alpha value is -2.54. The van der Waals surface area contributed by atoms with Crippen LogP contribution in [-0.4, -0.2) is 34.8 Å². The van der Waals surface area contributed by atoms with Crippen LogP contribution in [0.1, 0.15) is 10.4 Å². The second kappa shape index (κ2) is 6.70. The first-order valence-electron chi connectivity index (χ1n) is 6.69. The molecule has 2 aromatic carbocycles. The summed E-state index contributed by atoms with van der Waals surface area (Å²) in [6.07, 6.45) is 1.13. The van der Waals surface area contributed by atoms with Gasteiger partial charge in [0, 0.05) is 11.9 Å². The number of methoxy groups -OCH3 is 2. The van der Waals surface area contributed by atoms with Gasteiger partial charge in [0.2, 0.25) is 0 Å². The molecule has 23 heavy (non-hydrogen) atoms. The maximum absolute atomic E-state index is 12.4. The van der Waals surface area contributed by atoms with E-state index in [1.165, 1.54) is 38.5 Å². The highest BCUT2D eigenvalue weighted by Crippen LogP contribution is 2.31. The van der Waals surface area contributed by atoms with Crippen LogP contribution in [0.25, 0.3) is 0 Å². The smallest absolute Gasteiger partial charge is 0.259 e. The minimum Gasteiger partial charge on any atom is -0.493 e. The SMILES string of the molecule is COc1cccc(C(=O)Nc2ccc(S(C)(=O)=O)cc2)c1OC. The monoisotopic (exact) mass is 335 g/mol. The number of benzene rings is 2. The largest absolute Gasteiger partial charge is 0.493 e. The molecule has 0 heterocycles. The summed E-state index contributed by atoms with van der Waals surface area (Å²) in [6, 6.07) is 10.9. The van der Waals surface area contributed by atoms with Crippen LogP contribution in [0.15, 0.2) is 47.4 Å². The lowest BCUT2D eigenvalue weighted by Crippen LogP contribution is -2.13. The summed E-state index contributed by atoms with van der Waals surface area (Å²) in [5, 5.41) is 2.69. The van der Waals surface area contributed by atoms with Crippen molar-refractivity contribution in [2.24, 2.45) is 0 Å². The first-order chi connectivity index (χ1) is 10.9. The number of nitrogens with one attached hydrogen (secondary N) is 1. The summed E-state index contributed by atoms with van der Waals surface area (Å²) in [4.78, 5) is 12.6. The van der Waals surface area contributed by atoms with Crippen molar-refractivity contribution in [2.45, 2.75) is 4.90 Å². The van der Waals surface area contributed by atoms with Crippen LogP contribution in [0.5, 0.6) is 11.5 Å². The molecule has 0 fully saturated rings.